The third-order valence-electron chi connectivity index (χ3n) is 6.44. The maximum Gasteiger partial charge on any atom is 0.410 e. The molecule has 1 N–H and O–H groups in total. The minimum Gasteiger partial charge on any atom is -0.466 e. The molecule has 200 valence electrons. The molecule has 9 heteroatoms. The Balaban J connectivity index is 1.88. The summed E-state index contributed by atoms with van der Waals surface area (Å²) in [5.74, 6) is 1.43. The van der Waals surface area contributed by atoms with E-state index in [1.807, 2.05) is 27.7 Å². The van der Waals surface area contributed by atoms with E-state index in [1.165, 1.54) is 0 Å². The van der Waals surface area contributed by atoms with Crippen LogP contribution in [0, 0.1) is 24.2 Å². The first kappa shape index (κ1) is 29.2. The first-order valence-electron chi connectivity index (χ1n) is 12.8. The van der Waals surface area contributed by atoms with Gasteiger partial charge < -0.3 is 24.6 Å². The minimum atomic E-state index is -0.740. The molecule has 0 saturated carbocycles. The fourth-order valence-corrected chi connectivity index (χ4v) is 4.47. The number of hydrogen-bond acceptors (Lipinski definition) is 6. The van der Waals surface area contributed by atoms with Crippen LogP contribution in [-0.4, -0.2) is 78.1 Å². The molecule has 2 heterocycles. The third-order valence-corrected chi connectivity index (χ3v) is 6.44. The lowest BCUT2D eigenvalue weighted by atomic mass is 9.89. The normalized spacial score (nSPS) is 20.2. The number of amides is 3. The Morgan fingerprint density at radius 3 is 2.33 bits per heavy atom. The van der Waals surface area contributed by atoms with Gasteiger partial charge in [-0.15, -0.1) is 6.42 Å². The van der Waals surface area contributed by atoms with Crippen LogP contribution in [0.5, 0.6) is 0 Å². The summed E-state index contributed by atoms with van der Waals surface area (Å²) in [6.07, 6.45) is 9.66. The van der Waals surface area contributed by atoms with Gasteiger partial charge >= 0.3 is 12.1 Å². The molecule has 2 rings (SSSR count). The first-order valence-corrected chi connectivity index (χ1v) is 12.8. The van der Waals surface area contributed by atoms with Crippen LogP contribution in [0.3, 0.4) is 0 Å². The highest BCUT2D eigenvalue weighted by Gasteiger charge is 2.31. The van der Waals surface area contributed by atoms with Gasteiger partial charge in [-0.2, -0.15) is 0 Å². The Bertz CT molecular complexity index is 877. The zero-order valence-corrected chi connectivity index (χ0v) is 22.3. The number of nitrogens with zero attached hydrogens (tertiary/aromatic N) is 2. The highest BCUT2D eigenvalue weighted by Crippen LogP contribution is 2.26. The van der Waals surface area contributed by atoms with Crippen molar-refractivity contribution in [3.05, 3.63) is 11.6 Å². The van der Waals surface area contributed by atoms with Crippen molar-refractivity contribution < 1.29 is 28.7 Å². The molecular formula is C27H41N3O6. The molecule has 0 aromatic heterocycles. The van der Waals surface area contributed by atoms with E-state index in [0.29, 0.717) is 39.0 Å². The number of ether oxygens (including phenoxy) is 2. The number of carbonyl (C=O) groups is 4. The maximum atomic E-state index is 13.0. The maximum absolute atomic E-state index is 13.0. The molecule has 0 bridgehead atoms. The zero-order chi connectivity index (χ0) is 26.9. The number of esters is 1. The summed E-state index contributed by atoms with van der Waals surface area (Å²) in [6, 6.07) is -0.740. The van der Waals surface area contributed by atoms with Gasteiger partial charge in [-0.3, -0.25) is 14.4 Å². The van der Waals surface area contributed by atoms with Crippen molar-refractivity contribution in [1.29, 1.82) is 0 Å². The van der Waals surface area contributed by atoms with Crippen LogP contribution in [0.1, 0.15) is 66.7 Å². The van der Waals surface area contributed by atoms with Crippen LogP contribution in [0.2, 0.25) is 0 Å². The monoisotopic (exact) mass is 503 g/mol. The SMILES string of the molecule is C#C[C@H](CC(=O)OCC)NC(=O)[C@@H]1CCCN(C(=O)/C=C(\C)C2CCN(C(=O)OC(C)(C)C)CC2)C1. The van der Waals surface area contributed by atoms with Crippen molar-refractivity contribution in [2.75, 3.05) is 32.8 Å². The molecule has 0 aliphatic carbocycles. The van der Waals surface area contributed by atoms with Gasteiger partial charge in [0.2, 0.25) is 11.8 Å². The summed E-state index contributed by atoms with van der Waals surface area (Å²) < 4.78 is 10.4. The van der Waals surface area contributed by atoms with Gasteiger partial charge in [0.25, 0.3) is 0 Å². The molecule has 2 fully saturated rings. The summed E-state index contributed by atoms with van der Waals surface area (Å²) in [5, 5.41) is 2.73. The molecule has 36 heavy (non-hydrogen) atoms. The van der Waals surface area contributed by atoms with E-state index in [1.54, 1.807) is 22.8 Å². The highest BCUT2D eigenvalue weighted by molar-refractivity contribution is 5.89. The molecule has 0 spiro atoms. The quantitative estimate of drug-likeness (QED) is 0.325. The minimum absolute atomic E-state index is 0.0832. The topological polar surface area (TPSA) is 105 Å². The van der Waals surface area contributed by atoms with Crippen molar-refractivity contribution in [2.24, 2.45) is 11.8 Å². The lowest BCUT2D eigenvalue weighted by molar-refractivity contribution is -0.143. The number of piperidine rings is 2. The van der Waals surface area contributed by atoms with Crippen LogP contribution in [-0.2, 0) is 23.9 Å². The number of likely N-dealkylation sites (tertiary alicyclic amines) is 2. The van der Waals surface area contributed by atoms with Crippen LogP contribution < -0.4 is 5.32 Å². The predicted octanol–water partition coefficient (Wildman–Crippen LogP) is 2.89. The van der Waals surface area contributed by atoms with E-state index in [4.69, 9.17) is 15.9 Å². The molecule has 0 radical (unpaired) electrons. The van der Waals surface area contributed by atoms with Crippen molar-refractivity contribution in [3.8, 4) is 12.3 Å². The Labute approximate surface area is 214 Å². The Morgan fingerprint density at radius 2 is 1.75 bits per heavy atom. The van der Waals surface area contributed by atoms with Crippen LogP contribution in [0.25, 0.3) is 0 Å². The number of terminal acetylenes is 1. The fraction of sp³-hybridized carbons (Fsp3) is 0.704. The summed E-state index contributed by atoms with van der Waals surface area (Å²) in [7, 11) is 0. The second-order valence-corrected chi connectivity index (χ2v) is 10.5. The number of hydrogen-bond donors (Lipinski definition) is 1. The highest BCUT2D eigenvalue weighted by atomic mass is 16.6. The second-order valence-electron chi connectivity index (χ2n) is 10.5. The molecule has 2 aliphatic rings. The molecule has 2 atom stereocenters. The number of allylic oxidation sites excluding steroid dienone is 1. The number of nitrogens with one attached hydrogen (secondary N) is 1. The summed E-state index contributed by atoms with van der Waals surface area (Å²) in [4.78, 5) is 53.1. The van der Waals surface area contributed by atoms with Gasteiger partial charge in [0, 0.05) is 32.3 Å². The molecule has 2 saturated heterocycles. The second kappa shape index (κ2) is 13.3. The van der Waals surface area contributed by atoms with E-state index in [2.05, 4.69) is 11.2 Å². The van der Waals surface area contributed by atoms with Gasteiger partial charge in [-0.05, 0) is 66.2 Å². The van der Waals surface area contributed by atoms with E-state index in [0.717, 1.165) is 18.4 Å². The van der Waals surface area contributed by atoms with E-state index < -0.39 is 17.6 Å². The Morgan fingerprint density at radius 1 is 1.08 bits per heavy atom. The lowest BCUT2D eigenvalue weighted by Gasteiger charge is -2.34. The summed E-state index contributed by atoms with van der Waals surface area (Å²) in [6.45, 7) is 11.5. The molecular weight excluding hydrogens is 462 g/mol. The Hall–Kier alpha value is -3.02. The van der Waals surface area contributed by atoms with E-state index in [9.17, 15) is 19.2 Å². The van der Waals surface area contributed by atoms with Crippen LogP contribution in [0.4, 0.5) is 4.79 Å². The van der Waals surface area contributed by atoms with Crippen molar-refractivity contribution in [2.45, 2.75) is 78.4 Å². The zero-order valence-electron chi connectivity index (χ0n) is 22.3. The van der Waals surface area contributed by atoms with Gasteiger partial charge in [0.1, 0.15) is 11.6 Å². The number of rotatable bonds is 7. The van der Waals surface area contributed by atoms with Crippen LogP contribution in [0.15, 0.2) is 11.6 Å². The third kappa shape index (κ3) is 9.21. The average molecular weight is 504 g/mol. The van der Waals surface area contributed by atoms with Crippen molar-refractivity contribution in [1.82, 2.24) is 15.1 Å². The van der Waals surface area contributed by atoms with Crippen molar-refractivity contribution >= 4 is 23.9 Å². The number of carbonyl (C=O) groups excluding carboxylic acids is 4. The van der Waals surface area contributed by atoms with Gasteiger partial charge in [0.15, 0.2) is 0 Å². The van der Waals surface area contributed by atoms with Gasteiger partial charge in [-0.25, -0.2) is 4.79 Å². The largest absolute Gasteiger partial charge is 0.466 e. The standard InChI is InChI=1S/C27H41N3O6/c1-7-22(17-24(32)35-8-2)28-25(33)21-10-9-13-30(18-21)23(31)16-19(3)20-11-14-29(15-12-20)26(34)36-27(4,5)6/h1,16,20-22H,8-15,17-18H2,2-6H3,(H,28,33)/b19-16+/t21-,22-/m1/s1. The van der Waals surface area contributed by atoms with E-state index in [-0.39, 0.29) is 42.8 Å². The summed E-state index contributed by atoms with van der Waals surface area (Å²) >= 11 is 0. The molecule has 0 aromatic rings. The fourth-order valence-electron chi connectivity index (χ4n) is 4.47. The van der Waals surface area contributed by atoms with Gasteiger partial charge in [0.05, 0.1) is 18.9 Å². The molecule has 2 aliphatic heterocycles. The van der Waals surface area contributed by atoms with Crippen LogP contribution >= 0.6 is 0 Å². The molecule has 9 nitrogen and oxygen atoms in total. The smallest absolute Gasteiger partial charge is 0.410 e. The van der Waals surface area contributed by atoms with Gasteiger partial charge in [-0.1, -0.05) is 11.5 Å². The lowest BCUT2D eigenvalue weighted by Crippen LogP contribution is -2.47. The Kier molecular flexibility index (Phi) is 10.8. The molecule has 0 aromatic carbocycles. The average Bonchev–Trinajstić information content (AvgIpc) is 2.82. The molecule has 0 unspecified atom stereocenters. The summed E-state index contributed by atoms with van der Waals surface area (Å²) in [5.41, 5.74) is 0.458. The predicted molar refractivity (Wildman–Crippen MR) is 136 cm³/mol. The first-order chi connectivity index (χ1) is 16.9. The van der Waals surface area contributed by atoms with E-state index >= 15 is 0 Å². The molecule has 3 amide bonds. The van der Waals surface area contributed by atoms with Crippen molar-refractivity contribution in [3.63, 3.8) is 0 Å².